The maximum atomic E-state index is 12.4. The minimum atomic E-state index is -0.0495. The summed E-state index contributed by atoms with van der Waals surface area (Å²) in [4.78, 5) is 28.7. The summed E-state index contributed by atoms with van der Waals surface area (Å²) in [6.07, 6.45) is 0.882. The number of benzene rings is 2. The van der Waals surface area contributed by atoms with Crippen molar-refractivity contribution in [3.05, 3.63) is 65.2 Å². The van der Waals surface area contributed by atoms with Crippen molar-refractivity contribution in [2.45, 2.75) is 26.8 Å². The van der Waals surface area contributed by atoms with E-state index in [1.807, 2.05) is 60.4 Å². The van der Waals surface area contributed by atoms with Crippen molar-refractivity contribution in [3.8, 4) is 0 Å². The van der Waals surface area contributed by atoms with E-state index in [0.29, 0.717) is 39.3 Å². The highest BCUT2D eigenvalue weighted by Gasteiger charge is 2.22. The van der Waals surface area contributed by atoms with Crippen molar-refractivity contribution in [3.63, 3.8) is 0 Å². The van der Waals surface area contributed by atoms with Gasteiger partial charge in [-0.05, 0) is 30.5 Å². The van der Waals surface area contributed by atoms with E-state index in [-0.39, 0.29) is 11.9 Å². The molecule has 0 atom stereocenters. The van der Waals surface area contributed by atoms with E-state index < -0.39 is 0 Å². The van der Waals surface area contributed by atoms with E-state index in [2.05, 4.69) is 22.5 Å². The normalized spacial score (nSPS) is 14.5. The van der Waals surface area contributed by atoms with Crippen LogP contribution in [0.3, 0.4) is 0 Å². The number of anilines is 1. The van der Waals surface area contributed by atoms with Gasteiger partial charge >= 0.3 is 6.03 Å². The molecule has 0 spiro atoms. The van der Waals surface area contributed by atoms with Crippen LogP contribution in [0, 0.1) is 6.92 Å². The van der Waals surface area contributed by atoms with E-state index in [9.17, 15) is 9.59 Å². The third kappa shape index (κ3) is 6.06. The first kappa shape index (κ1) is 20.9. The fourth-order valence-corrected chi connectivity index (χ4v) is 3.45. The summed E-state index contributed by atoms with van der Waals surface area (Å²) < 4.78 is 0. The van der Waals surface area contributed by atoms with E-state index in [0.717, 1.165) is 23.2 Å². The van der Waals surface area contributed by atoms with E-state index in [4.69, 9.17) is 0 Å². The molecule has 0 aromatic heterocycles. The Morgan fingerprint density at radius 1 is 0.966 bits per heavy atom. The van der Waals surface area contributed by atoms with Crippen LogP contribution < -0.4 is 10.6 Å². The molecule has 2 aromatic carbocycles. The van der Waals surface area contributed by atoms with Crippen LogP contribution in [0.2, 0.25) is 0 Å². The third-order valence-electron chi connectivity index (χ3n) is 5.26. The largest absolute Gasteiger partial charge is 0.334 e. The minimum Gasteiger partial charge on any atom is -0.334 e. The predicted octanol–water partition coefficient (Wildman–Crippen LogP) is 3.02. The molecule has 1 saturated heterocycles. The fraction of sp³-hybridized carbons (Fsp3) is 0.391. The smallest absolute Gasteiger partial charge is 0.317 e. The Bertz CT molecular complexity index is 827. The van der Waals surface area contributed by atoms with Gasteiger partial charge in [-0.1, -0.05) is 55.0 Å². The van der Waals surface area contributed by atoms with Crippen molar-refractivity contribution in [1.29, 1.82) is 0 Å². The van der Waals surface area contributed by atoms with Gasteiger partial charge in [0.15, 0.2) is 0 Å². The molecule has 0 saturated carbocycles. The zero-order valence-electron chi connectivity index (χ0n) is 17.3. The lowest BCUT2D eigenvalue weighted by Crippen LogP contribution is -2.52. The molecule has 0 aliphatic carbocycles. The number of amides is 3. The van der Waals surface area contributed by atoms with Gasteiger partial charge in [0.05, 0.1) is 6.54 Å². The highest BCUT2D eigenvalue weighted by molar-refractivity contribution is 5.93. The molecule has 29 heavy (non-hydrogen) atoms. The van der Waals surface area contributed by atoms with Crippen molar-refractivity contribution >= 4 is 17.6 Å². The molecular weight excluding hydrogens is 364 g/mol. The summed E-state index contributed by atoms with van der Waals surface area (Å²) in [5, 5.41) is 5.99. The number of piperazine rings is 1. The topological polar surface area (TPSA) is 64.7 Å². The first-order chi connectivity index (χ1) is 14.0. The molecule has 6 nitrogen and oxygen atoms in total. The number of para-hydroxylation sites is 1. The van der Waals surface area contributed by atoms with Gasteiger partial charge in [0.1, 0.15) is 0 Å². The molecule has 1 aliphatic heterocycles. The number of nitrogens with zero attached hydrogens (tertiary/aromatic N) is 2. The molecule has 2 aromatic rings. The molecule has 154 valence electrons. The Labute approximate surface area is 172 Å². The maximum absolute atomic E-state index is 12.4. The first-order valence-electron chi connectivity index (χ1n) is 10.2. The van der Waals surface area contributed by atoms with Crippen molar-refractivity contribution in [2.24, 2.45) is 0 Å². The zero-order chi connectivity index (χ0) is 20.6. The second kappa shape index (κ2) is 10.1. The summed E-state index contributed by atoms with van der Waals surface area (Å²) in [5.41, 5.74) is 4.31. The molecule has 1 aliphatic rings. The number of hydrogen-bond acceptors (Lipinski definition) is 3. The van der Waals surface area contributed by atoms with Crippen LogP contribution in [0.5, 0.6) is 0 Å². The number of carbonyl (C=O) groups is 2. The van der Waals surface area contributed by atoms with Gasteiger partial charge in [-0.2, -0.15) is 0 Å². The molecule has 2 N–H and O–H groups in total. The number of aryl methyl sites for hydroxylation is 2. The highest BCUT2D eigenvalue weighted by atomic mass is 16.2. The minimum absolute atomic E-state index is 0.0110. The summed E-state index contributed by atoms with van der Waals surface area (Å²) in [5.74, 6) is -0.0110. The summed E-state index contributed by atoms with van der Waals surface area (Å²) >= 11 is 0. The predicted molar refractivity (Wildman–Crippen MR) is 116 cm³/mol. The van der Waals surface area contributed by atoms with Gasteiger partial charge in [-0.15, -0.1) is 0 Å². The molecule has 1 heterocycles. The van der Waals surface area contributed by atoms with E-state index >= 15 is 0 Å². The SMILES string of the molecule is CCc1ccccc1NC(=O)CN1CCN(C(=O)NCc2ccc(C)cc2)CC1. The lowest BCUT2D eigenvalue weighted by atomic mass is 10.1. The molecule has 0 bridgehead atoms. The Morgan fingerprint density at radius 2 is 1.66 bits per heavy atom. The van der Waals surface area contributed by atoms with Gasteiger partial charge in [0, 0.05) is 38.4 Å². The van der Waals surface area contributed by atoms with Crippen LogP contribution >= 0.6 is 0 Å². The van der Waals surface area contributed by atoms with Crippen LogP contribution in [0.15, 0.2) is 48.5 Å². The molecule has 3 rings (SSSR count). The fourth-order valence-electron chi connectivity index (χ4n) is 3.45. The van der Waals surface area contributed by atoms with Gasteiger partial charge in [0.25, 0.3) is 0 Å². The zero-order valence-corrected chi connectivity index (χ0v) is 17.3. The number of hydrogen-bond donors (Lipinski definition) is 2. The number of nitrogens with one attached hydrogen (secondary N) is 2. The molecule has 0 unspecified atom stereocenters. The number of urea groups is 1. The van der Waals surface area contributed by atoms with Crippen molar-refractivity contribution in [2.75, 3.05) is 38.0 Å². The summed E-state index contributed by atoms with van der Waals surface area (Å²) in [6, 6.07) is 16.0. The number of rotatable bonds is 6. The average molecular weight is 395 g/mol. The second-order valence-corrected chi connectivity index (χ2v) is 7.47. The Balaban J connectivity index is 1.41. The van der Waals surface area contributed by atoms with Crippen molar-refractivity contribution < 1.29 is 9.59 Å². The Morgan fingerprint density at radius 3 is 2.34 bits per heavy atom. The second-order valence-electron chi connectivity index (χ2n) is 7.47. The van der Waals surface area contributed by atoms with Crippen LogP contribution in [0.25, 0.3) is 0 Å². The quantitative estimate of drug-likeness (QED) is 0.792. The summed E-state index contributed by atoms with van der Waals surface area (Å²) in [6.45, 7) is 7.63. The average Bonchev–Trinajstić information content (AvgIpc) is 2.74. The van der Waals surface area contributed by atoms with Gasteiger partial charge < -0.3 is 15.5 Å². The van der Waals surface area contributed by atoms with E-state index in [1.54, 1.807) is 0 Å². The molecule has 6 heteroatoms. The van der Waals surface area contributed by atoms with Crippen molar-refractivity contribution in [1.82, 2.24) is 15.1 Å². The molecule has 0 radical (unpaired) electrons. The van der Waals surface area contributed by atoms with Gasteiger partial charge in [-0.25, -0.2) is 4.79 Å². The standard InChI is InChI=1S/C23H30N4O2/c1-3-20-6-4-5-7-21(20)25-22(28)17-26-12-14-27(15-13-26)23(29)24-16-19-10-8-18(2)9-11-19/h4-11H,3,12-17H2,1-2H3,(H,24,29)(H,25,28). The van der Waals surface area contributed by atoms with E-state index in [1.165, 1.54) is 5.56 Å². The molecule has 1 fully saturated rings. The first-order valence-corrected chi connectivity index (χ1v) is 10.2. The Hall–Kier alpha value is -2.86. The third-order valence-corrected chi connectivity index (χ3v) is 5.26. The lowest BCUT2D eigenvalue weighted by Gasteiger charge is -2.34. The molecular formula is C23H30N4O2. The van der Waals surface area contributed by atoms with Crippen LogP contribution in [-0.2, 0) is 17.8 Å². The van der Waals surface area contributed by atoms with Crippen LogP contribution in [0.1, 0.15) is 23.6 Å². The van der Waals surface area contributed by atoms with Crippen LogP contribution in [-0.4, -0.2) is 54.5 Å². The monoisotopic (exact) mass is 394 g/mol. The lowest BCUT2D eigenvalue weighted by molar-refractivity contribution is -0.117. The summed E-state index contributed by atoms with van der Waals surface area (Å²) in [7, 11) is 0. The molecule has 3 amide bonds. The highest BCUT2D eigenvalue weighted by Crippen LogP contribution is 2.15. The van der Waals surface area contributed by atoms with Gasteiger partial charge in [-0.3, -0.25) is 9.69 Å². The maximum Gasteiger partial charge on any atom is 0.317 e. The Kier molecular flexibility index (Phi) is 7.25. The van der Waals surface area contributed by atoms with Crippen LogP contribution in [0.4, 0.5) is 10.5 Å². The number of carbonyl (C=O) groups excluding carboxylic acids is 2. The van der Waals surface area contributed by atoms with Gasteiger partial charge in [0.2, 0.25) is 5.91 Å².